The molecule has 0 bridgehead atoms. The molecule has 0 radical (unpaired) electrons. The number of carbonyl (C=O) groups is 2. The van der Waals surface area contributed by atoms with Crippen molar-refractivity contribution in [1.29, 1.82) is 0 Å². The predicted molar refractivity (Wildman–Crippen MR) is 101 cm³/mol. The zero-order chi connectivity index (χ0) is 22.9. The van der Waals surface area contributed by atoms with Crippen LogP contribution in [0.4, 0.5) is 0 Å². The second-order valence-electron chi connectivity index (χ2n) is 6.17. The van der Waals surface area contributed by atoms with E-state index in [0.717, 1.165) is 42.5 Å². The molecule has 3 rings (SSSR count). The van der Waals surface area contributed by atoms with Crippen molar-refractivity contribution >= 4 is 11.9 Å². The zero-order valence-corrected chi connectivity index (χ0v) is 15.3. The number of esters is 2. The molecule has 0 heterocycles. The molecular weight excluding hydrogens is 416 g/mol. The highest BCUT2D eigenvalue weighted by Crippen LogP contribution is 2.37. The fourth-order valence-corrected chi connectivity index (χ4v) is 2.45. The van der Waals surface area contributed by atoms with Gasteiger partial charge in [-0.25, -0.2) is 9.59 Å². The van der Waals surface area contributed by atoms with Crippen LogP contribution in [0.1, 0.15) is 20.7 Å². The van der Waals surface area contributed by atoms with E-state index in [0.29, 0.717) is 0 Å². The van der Waals surface area contributed by atoms with Crippen molar-refractivity contribution in [3.05, 3.63) is 53.6 Å². The molecule has 160 valence electrons. The predicted octanol–water partition coefficient (Wildman–Crippen LogP) is 2.06. The lowest BCUT2D eigenvalue weighted by molar-refractivity contribution is 0.0731. The Kier molecular flexibility index (Phi) is 5.34. The van der Waals surface area contributed by atoms with E-state index in [-0.39, 0.29) is 22.6 Å². The average molecular weight is 430 g/mol. The van der Waals surface area contributed by atoms with Crippen LogP contribution in [0.3, 0.4) is 0 Å². The lowest BCUT2D eigenvalue weighted by Gasteiger charge is -2.10. The summed E-state index contributed by atoms with van der Waals surface area (Å²) in [7, 11) is 0. The number of phenolic OH excluding ortho intramolecular Hbond substituents is 7. The maximum atomic E-state index is 12.2. The van der Waals surface area contributed by atoms with Gasteiger partial charge in [0, 0.05) is 18.2 Å². The van der Waals surface area contributed by atoms with Gasteiger partial charge in [0.2, 0.25) is 0 Å². The van der Waals surface area contributed by atoms with Gasteiger partial charge in [-0.05, 0) is 24.3 Å². The molecule has 11 heteroatoms. The van der Waals surface area contributed by atoms with E-state index in [1.54, 1.807) is 0 Å². The van der Waals surface area contributed by atoms with Crippen molar-refractivity contribution in [2.75, 3.05) is 0 Å². The Morgan fingerprint density at radius 1 is 0.516 bits per heavy atom. The number of aromatic hydroxyl groups is 7. The fourth-order valence-electron chi connectivity index (χ4n) is 2.45. The van der Waals surface area contributed by atoms with Crippen molar-refractivity contribution < 1.29 is 54.8 Å². The number of benzene rings is 3. The van der Waals surface area contributed by atoms with Gasteiger partial charge in [-0.2, -0.15) is 0 Å². The molecule has 0 spiro atoms. The molecule has 0 unspecified atom stereocenters. The monoisotopic (exact) mass is 430 g/mol. The van der Waals surface area contributed by atoms with Crippen LogP contribution in [0.5, 0.6) is 51.7 Å². The third-order valence-corrected chi connectivity index (χ3v) is 3.90. The van der Waals surface area contributed by atoms with Crippen molar-refractivity contribution in [3.63, 3.8) is 0 Å². The van der Waals surface area contributed by atoms with Crippen LogP contribution in [-0.4, -0.2) is 47.7 Å². The van der Waals surface area contributed by atoms with Crippen LogP contribution >= 0.6 is 0 Å². The first-order valence-corrected chi connectivity index (χ1v) is 8.33. The minimum Gasteiger partial charge on any atom is -0.508 e. The Labute approximate surface area is 172 Å². The molecule has 3 aromatic carbocycles. The number of phenols is 7. The molecule has 0 fully saturated rings. The summed E-state index contributed by atoms with van der Waals surface area (Å²) in [6.07, 6.45) is 0. The van der Waals surface area contributed by atoms with E-state index in [1.165, 1.54) is 0 Å². The molecule has 0 aliphatic carbocycles. The Morgan fingerprint density at radius 3 is 1.16 bits per heavy atom. The maximum Gasteiger partial charge on any atom is 0.343 e. The van der Waals surface area contributed by atoms with Gasteiger partial charge in [-0.1, -0.05) is 0 Å². The van der Waals surface area contributed by atoms with Crippen LogP contribution in [0.25, 0.3) is 0 Å². The highest BCUT2D eigenvalue weighted by atomic mass is 16.5. The molecule has 0 saturated heterocycles. The van der Waals surface area contributed by atoms with Gasteiger partial charge in [0.15, 0.2) is 34.5 Å². The summed E-state index contributed by atoms with van der Waals surface area (Å²) in [5, 5.41) is 66.4. The van der Waals surface area contributed by atoms with Gasteiger partial charge < -0.3 is 45.2 Å². The highest BCUT2D eigenvalue weighted by Gasteiger charge is 2.18. The minimum atomic E-state index is -1.08. The summed E-state index contributed by atoms with van der Waals surface area (Å²) in [6.45, 7) is 0. The molecule has 0 aliphatic heterocycles. The molecular formula is C20H14O11. The molecule has 0 saturated carbocycles. The van der Waals surface area contributed by atoms with Crippen LogP contribution in [0.15, 0.2) is 42.5 Å². The Morgan fingerprint density at radius 2 is 0.839 bits per heavy atom. The standard InChI is InChI=1S/C20H14O11/c21-10-5-11(30-19(28)8-1-13(22)17(26)14(23)2-8)7-12(6-10)31-20(29)9-3-15(24)18(27)16(25)4-9/h1-7,21-27H. The lowest BCUT2D eigenvalue weighted by Crippen LogP contribution is -2.10. The zero-order valence-electron chi connectivity index (χ0n) is 15.3. The number of ether oxygens (including phenoxy) is 2. The first-order chi connectivity index (χ1) is 14.5. The second-order valence-corrected chi connectivity index (χ2v) is 6.17. The van der Waals surface area contributed by atoms with E-state index < -0.39 is 52.2 Å². The van der Waals surface area contributed by atoms with Crippen molar-refractivity contribution in [2.45, 2.75) is 0 Å². The molecule has 7 N–H and O–H groups in total. The van der Waals surface area contributed by atoms with E-state index >= 15 is 0 Å². The van der Waals surface area contributed by atoms with Gasteiger partial charge >= 0.3 is 11.9 Å². The van der Waals surface area contributed by atoms with Crippen LogP contribution in [-0.2, 0) is 0 Å². The Balaban J connectivity index is 1.82. The van der Waals surface area contributed by atoms with Crippen LogP contribution in [0.2, 0.25) is 0 Å². The fraction of sp³-hybridized carbons (Fsp3) is 0. The number of carbonyl (C=O) groups excluding carboxylic acids is 2. The molecule has 0 aliphatic rings. The molecule has 0 aromatic heterocycles. The largest absolute Gasteiger partial charge is 0.508 e. The summed E-state index contributed by atoms with van der Waals surface area (Å²) in [5.74, 6) is -7.90. The molecule has 0 amide bonds. The van der Waals surface area contributed by atoms with Gasteiger partial charge in [0.1, 0.15) is 17.2 Å². The minimum absolute atomic E-state index is 0.281. The quantitative estimate of drug-likeness (QED) is 0.182. The molecule has 11 nitrogen and oxygen atoms in total. The Hall–Kier alpha value is -4.80. The summed E-state index contributed by atoms with van der Waals surface area (Å²) >= 11 is 0. The van der Waals surface area contributed by atoms with Crippen molar-refractivity contribution in [3.8, 4) is 51.7 Å². The SMILES string of the molecule is O=C(Oc1cc(O)cc(OC(=O)c2cc(O)c(O)c(O)c2)c1)c1cc(O)c(O)c(O)c1. The third kappa shape index (κ3) is 4.45. The van der Waals surface area contributed by atoms with Crippen molar-refractivity contribution in [2.24, 2.45) is 0 Å². The second kappa shape index (κ2) is 7.91. The highest BCUT2D eigenvalue weighted by molar-refractivity contribution is 5.93. The first-order valence-electron chi connectivity index (χ1n) is 8.33. The van der Waals surface area contributed by atoms with E-state index in [1.807, 2.05) is 0 Å². The summed E-state index contributed by atoms with van der Waals surface area (Å²) in [5.41, 5.74) is -0.658. The number of hydrogen-bond acceptors (Lipinski definition) is 11. The van der Waals surface area contributed by atoms with Crippen LogP contribution in [0, 0.1) is 0 Å². The molecule has 3 aromatic rings. The van der Waals surface area contributed by atoms with E-state index in [2.05, 4.69) is 0 Å². The van der Waals surface area contributed by atoms with Gasteiger partial charge in [-0.3, -0.25) is 0 Å². The molecule has 0 atom stereocenters. The average Bonchev–Trinajstić information content (AvgIpc) is 2.68. The topological polar surface area (TPSA) is 194 Å². The smallest absolute Gasteiger partial charge is 0.343 e. The number of rotatable bonds is 4. The number of hydrogen-bond donors (Lipinski definition) is 7. The van der Waals surface area contributed by atoms with Gasteiger partial charge in [-0.15, -0.1) is 0 Å². The van der Waals surface area contributed by atoms with Gasteiger partial charge in [0.25, 0.3) is 0 Å². The summed E-state index contributed by atoms with van der Waals surface area (Å²) in [6, 6.07) is 6.42. The maximum absolute atomic E-state index is 12.2. The lowest BCUT2D eigenvalue weighted by atomic mass is 10.2. The summed E-state index contributed by atoms with van der Waals surface area (Å²) < 4.78 is 10.0. The third-order valence-electron chi connectivity index (χ3n) is 3.90. The first kappa shape index (κ1) is 20.9. The molecule has 31 heavy (non-hydrogen) atoms. The van der Waals surface area contributed by atoms with Gasteiger partial charge in [0.05, 0.1) is 11.1 Å². The normalized spacial score (nSPS) is 10.5. The summed E-state index contributed by atoms with van der Waals surface area (Å²) in [4.78, 5) is 24.4. The van der Waals surface area contributed by atoms with E-state index in [9.17, 15) is 45.3 Å². The van der Waals surface area contributed by atoms with E-state index in [4.69, 9.17) is 9.47 Å². The van der Waals surface area contributed by atoms with Crippen molar-refractivity contribution in [1.82, 2.24) is 0 Å². The Bertz CT molecular complexity index is 1060. The van der Waals surface area contributed by atoms with Crippen LogP contribution < -0.4 is 9.47 Å².